The van der Waals surface area contributed by atoms with E-state index in [1.165, 1.54) is 18.1 Å². The van der Waals surface area contributed by atoms with Crippen molar-refractivity contribution in [1.29, 1.82) is 0 Å². The quantitative estimate of drug-likeness (QED) is 0.693. The Balaban J connectivity index is 2.10. The van der Waals surface area contributed by atoms with Crippen LogP contribution in [0, 0.1) is 0 Å². The van der Waals surface area contributed by atoms with Gasteiger partial charge >= 0.3 is 0 Å². The Morgan fingerprint density at radius 3 is 2.50 bits per heavy atom. The maximum atomic E-state index is 9.24. The number of hydrogen-bond acceptors (Lipinski definition) is 4. The molecule has 0 aliphatic carbocycles. The molecule has 0 unspecified atom stereocenters. The zero-order valence-electron chi connectivity index (χ0n) is 9.31. The monoisotopic (exact) mass is 300 g/mol. The Kier molecular flexibility index (Phi) is 4.83. The minimum Gasteiger partial charge on any atom is -0.391 e. The van der Waals surface area contributed by atoms with Crippen LogP contribution in [-0.2, 0) is 12.4 Å². The number of thioether (sulfide) groups is 1. The van der Waals surface area contributed by atoms with E-state index in [1.807, 2.05) is 24.3 Å². The summed E-state index contributed by atoms with van der Waals surface area (Å²) in [6, 6.07) is 7.60. The van der Waals surface area contributed by atoms with Crippen molar-refractivity contribution in [1.82, 2.24) is 9.97 Å². The van der Waals surface area contributed by atoms with E-state index >= 15 is 0 Å². The molecule has 0 fully saturated rings. The Bertz CT molecular complexity index is 534. The molecule has 2 aromatic rings. The van der Waals surface area contributed by atoms with Crippen LogP contribution in [0.3, 0.4) is 0 Å². The molecular formula is C12H10Cl2N2OS. The van der Waals surface area contributed by atoms with Gasteiger partial charge < -0.3 is 5.11 Å². The molecule has 0 atom stereocenters. The third kappa shape index (κ3) is 3.36. The van der Waals surface area contributed by atoms with Crippen molar-refractivity contribution >= 4 is 35.0 Å². The lowest BCUT2D eigenvalue weighted by Gasteiger charge is -2.06. The number of aliphatic hydroxyl groups is 1. The molecule has 2 rings (SSSR count). The van der Waals surface area contributed by atoms with Gasteiger partial charge in [0.15, 0.2) is 0 Å². The van der Waals surface area contributed by atoms with E-state index in [0.717, 1.165) is 11.3 Å². The topological polar surface area (TPSA) is 46.0 Å². The van der Waals surface area contributed by atoms with Gasteiger partial charge in [-0.15, -0.1) is 11.8 Å². The predicted octanol–water partition coefficient (Wildman–Crippen LogP) is 3.57. The third-order valence-corrected chi connectivity index (χ3v) is 3.98. The van der Waals surface area contributed by atoms with E-state index < -0.39 is 0 Å². The summed E-state index contributed by atoms with van der Waals surface area (Å²) in [7, 11) is 0. The summed E-state index contributed by atoms with van der Waals surface area (Å²) in [5.74, 6) is 0.734. The van der Waals surface area contributed by atoms with Crippen LogP contribution < -0.4 is 0 Å². The maximum Gasteiger partial charge on any atom is 0.139 e. The van der Waals surface area contributed by atoms with Gasteiger partial charge in [0.25, 0.3) is 0 Å². The molecule has 0 saturated carbocycles. The highest BCUT2D eigenvalue weighted by molar-refractivity contribution is 7.98. The van der Waals surface area contributed by atoms with Gasteiger partial charge in [-0.3, -0.25) is 0 Å². The fourth-order valence-corrected chi connectivity index (χ4v) is 2.69. The van der Waals surface area contributed by atoms with Gasteiger partial charge in [-0.05, 0) is 17.7 Å². The van der Waals surface area contributed by atoms with Crippen LogP contribution in [0.25, 0.3) is 0 Å². The van der Waals surface area contributed by atoms with Crippen molar-refractivity contribution in [3.05, 3.63) is 51.9 Å². The molecule has 1 aromatic carbocycles. The molecule has 94 valence electrons. The summed E-state index contributed by atoms with van der Waals surface area (Å²) in [5, 5.41) is 10.9. The minimum atomic E-state index is -0.164. The Labute approximate surface area is 119 Å². The number of nitrogens with zero attached hydrogens (tertiary/aromatic N) is 2. The average Bonchev–Trinajstić information content (AvgIpc) is 2.38. The molecule has 18 heavy (non-hydrogen) atoms. The van der Waals surface area contributed by atoms with E-state index in [9.17, 15) is 5.11 Å². The first-order valence-electron chi connectivity index (χ1n) is 5.18. The summed E-state index contributed by atoms with van der Waals surface area (Å²) in [4.78, 5) is 7.97. The van der Waals surface area contributed by atoms with Gasteiger partial charge in [-0.25, -0.2) is 9.97 Å². The predicted molar refractivity (Wildman–Crippen MR) is 74.0 cm³/mol. The van der Waals surface area contributed by atoms with Crippen molar-refractivity contribution in [2.24, 2.45) is 0 Å². The first-order chi connectivity index (χ1) is 8.70. The maximum absolute atomic E-state index is 9.24. The first kappa shape index (κ1) is 13.6. The normalized spacial score (nSPS) is 10.6. The highest BCUT2D eigenvalue weighted by Crippen LogP contribution is 2.27. The highest BCUT2D eigenvalue weighted by atomic mass is 35.5. The standard InChI is InChI=1S/C12H10Cl2N2OS/c13-9-3-1-8(2-4-9)6-18-12-10(5-17)11(14)15-7-16-12/h1-4,7,17H,5-6H2. The van der Waals surface area contributed by atoms with Crippen LogP contribution in [0.2, 0.25) is 10.2 Å². The second kappa shape index (κ2) is 6.38. The number of rotatable bonds is 4. The largest absolute Gasteiger partial charge is 0.391 e. The summed E-state index contributed by atoms with van der Waals surface area (Å²) in [6.07, 6.45) is 1.39. The van der Waals surface area contributed by atoms with Crippen LogP contribution in [0.15, 0.2) is 35.6 Å². The Morgan fingerprint density at radius 2 is 1.83 bits per heavy atom. The van der Waals surface area contributed by atoms with Crippen molar-refractivity contribution in [3.63, 3.8) is 0 Å². The first-order valence-corrected chi connectivity index (χ1v) is 6.92. The van der Waals surface area contributed by atoms with E-state index in [1.54, 1.807) is 0 Å². The second-order valence-corrected chi connectivity index (χ2v) is 5.28. The molecule has 6 heteroatoms. The van der Waals surface area contributed by atoms with Crippen molar-refractivity contribution in [2.75, 3.05) is 0 Å². The lowest BCUT2D eigenvalue weighted by atomic mass is 10.2. The fourth-order valence-electron chi connectivity index (χ4n) is 1.37. The summed E-state index contributed by atoms with van der Waals surface area (Å²) >= 11 is 13.2. The van der Waals surface area contributed by atoms with Crippen LogP contribution >= 0.6 is 35.0 Å². The van der Waals surface area contributed by atoms with Crippen LogP contribution in [0.4, 0.5) is 0 Å². The number of aromatic nitrogens is 2. The number of benzene rings is 1. The number of aliphatic hydroxyl groups excluding tert-OH is 1. The fraction of sp³-hybridized carbons (Fsp3) is 0.167. The molecule has 0 radical (unpaired) electrons. The van der Waals surface area contributed by atoms with Gasteiger partial charge in [0.05, 0.1) is 6.61 Å². The summed E-state index contributed by atoms with van der Waals surface area (Å²) in [5.41, 5.74) is 1.70. The molecule has 0 amide bonds. The van der Waals surface area contributed by atoms with Gasteiger partial charge in [-0.1, -0.05) is 35.3 Å². The van der Waals surface area contributed by atoms with E-state index in [2.05, 4.69) is 9.97 Å². The van der Waals surface area contributed by atoms with Crippen molar-refractivity contribution in [2.45, 2.75) is 17.4 Å². The summed E-state index contributed by atoms with van der Waals surface area (Å²) in [6.45, 7) is -0.164. The number of halogens is 2. The van der Waals surface area contributed by atoms with E-state index in [0.29, 0.717) is 20.8 Å². The molecule has 3 nitrogen and oxygen atoms in total. The molecule has 0 saturated heterocycles. The Hall–Kier alpha value is -0.810. The molecular weight excluding hydrogens is 291 g/mol. The molecule has 0 aliphatic rings. The van der Waals surface area contributed by atoms with Crippen molar-refractivity contribution < 1.29 is 5.11 Å². The molecule has 0 spiro atoms. The van der Waals surface area contributed by atoms with Crippen LogP contribution in [-0.4, -0.2) is 15.1 Å². The smallest absolute Gasteiger partial charge is 0.139 e. The van der Waals surface area contributed by atoms with Crippen LogP contribution in [0.1, 0.15) is 11.1 Å². The zero-order valence-corrected chi connectivity index (χ0v) is 11.6. The van der Waals surface area contributed by atoms with E-state index in [-0.39, 0.29) is 6.61 Å². The summed E-state index contributed by atoms with van der Waals surface area (Å²) < 4.78 is 0. The van der Waals surface area contributed by atoms with Gasteiger partial charge in [0.1, 0.15) is 16.5 Å². The molecule has 1 heterocycles. The SMILES string of the molecule is OCc1c(Cl)ncnc1SCc1ccc(Cl)cc1. The average molecular weight is 301 g/mol. The molecule has 1 N–H and O–H groups in total. The molecule has 0 bridgehead atoms. The third-order valence-electron chi connectivity index (χ3n) is 2.30. The van der Waals surface area contributed by atoms with E-state index in [4.69, 9.17) is 23.2 Å². The Morgan fingerprint density at radius 1 is 1.11 bits per heavy atom. The van der Waals surface area contributed by atoms with Gasteiger partial charge in [0.2, 0.25) is 0 Å². The van der Waals surface area contributed by atoms with Crippen LogP contribution in [0.5, 0.6) is 0 Å². The van der Waals surface area contributed by atoms with Gasteiger partial charge in [0, 0.05) is 16.3 Å². The van der Waals surface area contributed by atoms with Crippen molar-refractivity contribution in [3.8, 4) is 0 Å². The number of hydrogen-bond donors (Lipinski definition) is 1. The van der Waals surface area contributed by atoms with Gasteiger partial charge in [-0.2, -0.15) is 0 Å². The molecule has 0 aliphatic heterocycles. The molecule has 1 aromatic heterocycles. The zero-order chi connectivity index (χ0) is 13.0. The highest BCUT2D eigenvalue weighted by Gasteiger charge is 2.09. The lowest BCUT2D eigenvalue weighted by molar-refractivity contribution is 0.277. The lowest BCUT2D eigenvalue weighted by Crippen LogP contribution is -1.95. The minimum absolute atomic E-state index is 0.164. The second-order valence-electron chi connectivity index (χ2n) is 3.52.